The first-order valence-electron chi connectivity index (χ1n) is 6.04. The van der Waals surface area contributed by atoms with Crippen molar-refractivity contribution >= 4 is 0 Å². The average molecular weight is 247 g/mol. The molecule has 0 amide bonds. The molecule has 0 unspecified atom stereocenters. The van der Waals surface area contributed by atoms with E-state index in [4.69, 9.17) is 0 Å². The lowest BCUT2D eigenvalue weighted by Gasteiger charge is -2.14. The van der Waals surface area contributed by atoms with Crippen LogP contribution in [0.15, 0.2) is 30.5 Å². The van der Waals surface area contributed by atoms with Crippen molar-refractivity contribution in [1.29, 1.82) is 0 Å². The fourth-order valence-electron chi connectivity index (χ4n) is 1.87. The van der Waals surface area contributed by atoms with E-state index in [9.17, 15) is 4.39 Å². The average Bonchev–Trinajstić information content (AvgIpc) is 2.67. The molecule has 0 aliphatic rings. The first-order chi connectivity index (χ1) is 8.58. The standard InChI is InChI=1S/C14H18FN3/c1-10(12-5-4-6-14(15)7-12)16-8-13-9-17-18(3)11(13)2/h4-7,9-10,16H,8H2,1-3H3/t10-/m1/s1. The van der Waals surface area contributed by atoms with Crippen LogP contribution < -0.4 is 5.32 Å². The van der Waals surface area contributed by atoms with E-state index in [0.29, 0.717) is 0 Å². The van der Waals surface area contributed by atoms with E-state index in [1.54, 1.807) is 12.1 Å². The molecule has 2 aromatic rings. The van der Waals surface area contributed by atoms with Crippen molar-refractivity contribution in [3.05, 3.63) is 53.1 Å². The molecule has 0 aliphatic carbocycles. The summed E-state index contributed by atoms with van der Waals surface area (Å²) in [5.74, 6) is -0.196. The SMILES string of the molecule is Cc1c(CN[C@H](C)c2cccc(F)c2)cnn1C. The van der Waals surface area contributed by atoms with Crippen molar-refractivity contribution < 1.29 is 4.39 Å². The quantitative estimate of drug-likeness (QED) is 0.900. The topological polar surface area (TPSA) is 29.9 Å². The van der Waals surface area contributed by atoms with Crippen LogP contribution in [-0.2, 0) is 13.6 Å². The molecule has 0 aliphatic heterocycles. The Morgan fingerprint density at radius 2 is 2.22 bits per heavy atom. The minimum atomic E-state index is -0.196. The lowest BCUT2D eigenvalue weighted by Crippen LogP contribution is -2.18. The van der Waals surface area contributed by atoms with Crippen molar-refractivity contribution in [2.45, 2.75) is 26.4 Å². The normalized spacial score (nSPS) is 12.7. The van der Waals surface area contributed by atoms with Crippen LogP contribution >= 0.6 is 0 Å². The second kappa shape index (κ2) is 5.31. The smallest absolute Gasteiger partial charge is 0.123 e. The van der Waals surface area contributed by atoms with Gasteiger partial charge in [-0.1, -0.05) is 12.1 Å². The second-order valence-electron chi connectivity index (χ2n) is 4.54. The Kier molecular flexibility index (Phi) is 3.77. The minimum Gasteiger partial charge on any atom is -0.306 e. The number of hydrogen-bond acceptors (Lipinski definition) is 2. The molecule has 4 heteroatoms. The van der Waals surface area contributed by atoms with Crippen LogP contribution in [0, 0.1) is 12.7 Å². The molecule has 3 nitrogen and oxygen atoms in total. The molecular weight excluding hydrogens is 229 g/mol. The predicted octanol–water partition coefficient (Wildman–Crippen LogP) is 2.72. The van der Waals surface area contributed by atoms with Crippen LogP contribution in [0.3, 0.4) is 0 Å². The maximum Gasteiger partial charge on any atom is 0.123 e. The van der Waals surface area contributed by atoms with Crippen molar-refractivity contribution in [2.24, 2.45) is 7.05 Å². The highest BCUT2D eigenvalue weighted by Crippen LogP contribution is 2.15. The summed E-state index contributed by atoms with van der Waals surface area (Å²) in [5.41, 5.74) is 3.27. The fourth-order valence-corrected chi connectivity index (χ4v) is 1.87. The van der Waals surface area contributed by atoms with Gasteiger partial charge in [-0.3, -0.25) is 4.68 Å². The third-order valence-corrected chi connectivity index (χ3v) is 3.28. The Morgan fingerprint density at radius 3 is 2.83 bits per heavy atom. The highest BCUT2D eigenvalue weighted by atomic mass is 19.1. The van der Waals surface area contributed by atoms with Gasteiger partial charge in [0.25, 0.3) is 0 Å². The molecule has 96 valence electrons. The summed E-state index contributed by atoms with van der Waals surface area (Å²) in [7, 11) is 1.93. The van der Waals surface area contributed by atoms with Gasteiger partial charge in [0.1, 0.15) is 5.82 Å². The van der Waals surface area contributed by atoms with Crippen LogP contribution in [-0.4, -0.2) is 9.78 Å². The molecular formula is C14H18FN3. The number of benzene rings is 1. The lowest BCUT2D eigenvalue weighted by atomic mass is 10.1. The van der Waals surface area contributed by atoms with E-state index in [1.165, 1.54) is 11.6 Å². The molecule has 0 spiro atoms. The number of nitrogens with one attached hydrogen (secondary N) is 1. The molecule has 1 heterocycles. The zero-order valence-electron chi connectivity index (χ0n) is 10.9. The van der Waals surface area contributed by atoms with E-state index in [0.717, 1.165) is 17.8 Å². The summed E-state index contributed by atoms with van der Waals surface area (Å²) in [4.78, 5) is 0. The van der Waals surface area contributed by atoms with Gasteiger partial charge in [-0.15, -0.1) is 0 Å². The van der Waals surface area contributed by atoms with Crippen molar-refractivity contribution in [3.63, 3.8) is 0 Å². The molecule has 0 saturated carbocycles. The summed E-state index contributed by atoms with van der Waals surface area (Å²) >= 11 is 0. The summed E-state index contributed by atoms with van der Waals surface area (Å²) in [6, 6.07) is 6.80. The van der Waals surface area contributed by atoms with Gasteiger partial charge in [0.15, 0.2) is 0 Å². The van der Waals surface area contributed by atoms with Gasteiger partial charge in [0, 0.05) is 30.9 Å². The largest absolute Gasteiger partial charge is 0.306 e. The fraction of sp³-hybridized carbons (Fsp3) is 0.357. The zero-order valence-corrected chi connectivity index (χ0v) is 10.9. The second-order valence-corrected chi connectivity index (χ2v) is 4.54. The zero-order chi connectivity index (χ0) is 13.1. The first-order valence-corrected chi connectivity index (χ1v) is 6.04. The maximum atomic E-state index is 13.1. The third kappa shape index (κ3) is 2.76. The molecule has 1 aromatic heterocycles. The maximum absolute atomic E-state index is 13.1. The number of rotatable bonds is 4. The van der Waals surface area contributed by atoms with Crippen LogP contribution in [0.5, 0.6) is 0 Å². The Bertz CT molecular complexity index is 534. The van der Waals surface area contributed by atoms with Gasteiger partial charge in [-0.05, 0) is 31.5 Å². The minimum absolute atomic E-state index is 0.111. The molecule has 0 saturated heterocycles. The van der Waals surface area contributed by atoms with Gasteiger partial charge in [0.2, 0.25) is 0 Å². The number of aryl methyl sites for hydroxylation is 1. The van der Waals surface area contributed by atoms with E-state index in [2.05, 4.69) is 10.4 Å². The van der Waals surface area contributed by atoms with Crippen LogP contribution in [0.1, 0.15) is 29.8 Å². The van der Waals surface area contributed by atoms with Gasteiger partial charge in [-0.2, -0.15) is 5.10 Å². The van der Waals surface area contributed by atoms with Gasteiger partial charge < -0.3 is 5.32 Å². The van der Waals surface area contributed by atoms with Gasteiger partial charge in [-0.25, -0.2) is 4.39 Å². The molecule has 18 heavy (non-hydrogen) atoms. The van der Waals surface area contributed by atoms with Crippen LogP contribution in [0.25, 0.3) is 0 Å². The number of nitrogens with zero attached hydrogens (tertiary/aromatic N) is 2. The van der Waals surface area contributed by atoms with E-state index in [-0.39, 0.29) is 11.9 Å². The monoisotopic (exact) mass is 247 g/mol. The number of aromatic nitrogens is 2. The molecule has 0 fully saturated rings. The molecule has 1 aromatic carbocycles. The first kappa shape index (κ1) is 12.8. The Labute approximate surface area is 107 Å². The third-order valence-electron chi connectivity index (χ3n) is 3.28. The number of hydrogen-bond donors (Lipinski definition) is 1. The Morgan fingerprint density at radius 1 is 1.44 bits per heavy atom. The highest BCUT2D eigenvalue weighted by molar-refractivity contribution is 5.20. The van der Waals surface area contributed by atoms with Gasteiger partial charge in [0.05, 0.1) is 6.20 Å². The Balaban J connectivity index is 2.00. The van der Waals surface area contributed by atoms with Gasteiger partial charge >= 0.3 is 0 Å². The lowest BCUT2D eigenvalue weighted by molar-refractivity contribution is 0.563. The summed E-state index contributed by atoms with van der Waals surface area (Å²) in [6.07, 6.45) is 1.86. The highest BCUT2D eigenvalue weighted by Gasteiger charge is 2.08. The summed E-state index contributed by atoms with van der Waals surface area (Å²) in [6.45, 7) is 4.80. The Hall–Kier alpha value is -1.68. The van der Waals surface area contributed by atoms with E-state index < -0.39 is 0 Å². The summed E-state index contributed by atoms with van der Waals surface area (Å²) in [5, 5.41) is 7.57. The molecule has 1 atom stereocenters. The van der Waals surface area contributed by atoms with Crippen molar-refractivity contribution in [3.8, 4) is 0 Å². The molecule has 1 N–H and O–H groups in total. The van der Waals surface area contributed by atoms with Crippen LogP contribution in [0.4, 0.5) is 4.39 Å². The summed E-state index contributed by atoms with van der Waals surface area (Å²) < 4.78 is 15.0. The van der Waals surface area contributed by atoms with Crippen molar-refractivity contribution in [1.82, 2.24) is 15.1 Å². The van der Waals surface area contributed by atoms with Crippen LogP contribution in [0.2, 0.25) is 0 Å². The van der Waals surface area contributed by atoms with E-state index >= 15 is 0 Å². The molecule has 2 rings (SSSR count). The van der Waals surface area contributed by atoms with Crippen molar-refractivity contribution in [2.75, 3.05) is 0 Å². The number of halogens is 1. The predicted molar refractivity (Wildman–Crippen MR) is 69.6 cm³/mol. The molecule has 0 radical (unpaired) electrons. The molecule has 0 bridgehead atoms. The van der Waals surface area contributed by atoms with E-state index in [1.807, 2.05) is 37.8 Å².